The van der Waals surface area contributed by atoms with E-state index in [-0.39, 0.29) is 11.3 Å². The molecular weight excluding hydrogens is 304 g/mol. The van der Waals surface area contributed by atoms with E-state index in [1.165, 1.54) is 17.7 Å². The SMILES string of the molecule is Cc1cccc(CNC[C@H](O)c2ccc(O)c3[nH]c(=O)ccc23)c1. The number of aryl methyl sites for hydroxylation is 1. The molecule has 3 aromatic rings. The highest BCUT2D eigenvalue weighted by Crippen LogP contribution is 2.28. The zero-order chi connectivity index (χ0) is 17.1. The monoisotopic (exact) mass is 324 g/mol. The minimum atomic E-state index is -0.746. The molecule has 124 valence electrons. The molecule has 5 nitrogen and oxygen atoms in total. The lowest BCUT2D eigenvalue weighted by Gasteiger charge is -2.15. The van der Waals surface area contributed by atoms with Gasteiger partial charge in [-0.2, -0.15) is 0 Å². The van der Waals surface area contributed by atoms with E-state index in [1.54, 1.807) is 12.1 Å². The molecule has 0 bridgehead atoms. The number of aliphatic hydroxyl groups is 1. The average Bonchev–Trinajstić information content (AvgIpc) is 2.55. The number of aromatic amines is 1. The average molecular weight is 324 g/mol. The maximum Gasteiger partial charge on any atom is 0.248 e. The molecular formula is C19H20N2O3. The molecule has 0 radical (unpaired) electrons. The van der Waals surface area contributed by atoms with E-state index < -0.39 is 6.10 Å². The first-order valence-electron chi connectivity index (χ1n) is 7.84. The van der Waals surface area contributed by atoms with Gasteiger partial charge in [-0.15, -0.1) is 0 Å². The highest BCUT2D eigenvalue weighted by Gasteiger charge is 2.13. The smallest absolute Gasteiger partial charge is 0.248 e. The summed E-state index contributed by atoms with van der Waals surface area (Å²) in [7, 11) is 0. The Bertz CT molecular complexity index is 918. The first kappa shape index (κ1) is 16.2. The van der Waals surface area contributed by atoms with Crippen molar-refractivity contribution in [2.45, 2.75) is 19.6 Å². The zero-order valence-electron chi connectivity index (χ0n) is 13.4. The summed E-state index contributed by atoms with van der Waals surface area (Å²) in [6.07, 6.45) is -0.746. The first-order valence-corrected chi connectivity index (χ1v) is 7.84. The number of fused-ring (bicyclic) bond motifs is 1. The van der Waals surface area contributed by atoms with Crippen LogP contribution in [-0.2, 0) is 6.54 Å². The second-order valence-corrected chi connectivity index (χ2v) is 5.92. The molecule has 5 heteroatoms. The number of aliphatic hydroxyl groups excluding tert-OH is 1. The maximum atomic E-state index is 11.4. The van der Waals surface area contributed by atoms with Gasteiger partial charge in [-0.25, -0.2) is 0 Å². The number of pyridine rings is 1. The van der Waals surface area contributed by atoms with Crippen molar-refractivity contribution in [3.05, 3.63) is 75.6 Å². The van der Waals surface area contributed by atoms with Gasteiger partial charge in [-0.3, -0.25) is 4.79 Å². The fraction of sp³-hybridized carbons (Fsp3) is 0.211. The van der Waals surface area contributed by atoms with Crippen LogP contribution in [0.3, 0.4) is 0 Å². The van der Waals surface area contributed by atoms with Crippen LogP contribution in [0.1, 0.15) is 22.8 Å². The van der Waals surface area contributed by atoms with Crippen molar-refractivity contribution in [2.24, 2.45) is 0 Å². The molecule has 2 aromatic carbocycles. The highest BCUT2D eigenvalue weighted by molar-refractivity contribution is 5.87. The maximum absolute atomic E-state index is 11.4. The summed E-state index contributed by atoms with van der Waals surface area (Å²) in [5.41, 5.74) is 3.07. The first-order chi connectivity index (χ1) is 11.5. The molecule has 0 aliphatic carbocycles. The minimum Gasteiger partial charge on any atom is -0.506 e. The van der Waals surface area contributed by atoms with Crippen LogP contribution in [0.25, 0.3) is 10.9 Å². The predicted octanol–water partition coefficient (Wildman–Crippen LogP) is 2.37. The number of aromatic nitrogens is 1. The molecule has 1 aromatic heterocycles. The van der Waals surface area contributed by atoms with Crippen LogP contribution < -0.4 is 10.9 Å². The number of rotatable bonds is 5. The highest BCUT2D eigenvalue weighted by atomic mass is 16.3. The Morgan fingerprint density at radius 2 is 2.00 bits per heavy atom. The molecule has 0 unspecified atom stereocenters. The molecule has 1 atom stereocenters. The molecule has 24 heavy (non-hydrogen) atoms. The minimum absolute atomic E-state index is 0.00799. The summed E-state index contributed by atoms with van der Waals surface area (Å²) in [4.78, 5) is 14.0. The van der Waals surface area contributed by atoms with Crippen LogP contribution in [0.15, 0.2) is 53.3 Å². The van der Waals surface area contributed by atoms with Gasteiger partial charge in [0, 0.05) is 24.5 Å². The molecule has 3 rings (SSSR count). The summed E-state index contributed by atoms with van der Waals surface area (Å²) in [5, 5.41) is 24.2. The Hall–Kier alpha value is -2.63. The Labute approximate surface area is 139 Å². The number of nitrogens with one attached hydrogen (secondary N) is 2. The van der Waals surface area contributed by atoms with E-state index in [1.807, 2.05) is 25.1 Å². The molecule has 0 saturated heterocycles. The molecule has 0 fully saturated rings. The van der Waals surface area contributed by atoms with Crippen molar-refractivity contribution in [2.75, 3.05) is 6.54 Å². The van der Waals surface area contributed by atoms with Crippen molar-refractivity contribution in [3.63, 3.8) is 0 Å². The molecule has 0 saturated carbocycles. The lowest BCUT2D eigenvalue weighted by molar-refractivity contribution is 0.176. The molecule has 0 aliphatic rings. The molecule has 1 heterocycles. The number of hydrogen-bond donors (Lipinski definition) is 4. The predicted molar refractivity (Wildman–Crippen MR) is 94.1 cm³/mol. The third-order valence-corrected chi connectivity index (χ3v) is 4.02. The van der Waals surface area contributed by atoms with Crippen LogP contribution in [0.5, 0.6) is 5.75 Å². The number of hydrogen-bond acceptors (Lipinski definition) is 4. The van der Waals surface area contributed by atoms with Gasteiger partial charge in [-0.1, -0.05) is 35.9 Å². The van der Waals surface area contributed by atoms with Crippen molar-refractivity contribution in [3.8, 4) is 5.75 Å². The van der Waals surface area contributed by atoms with Gasteiger partial charge in [0.1, 0.15) is 5.75 Å². The lowest BCUT2D eigenvalue weighted by Crippen LogP contribution is -2.21. The van der Waals surface area contributed by atoms with E-state index in [9.17, 15) is 15.0 Å². The van der Waals surface area contributed by atoms with Crippen molar-refractivity contribution >= 4 is 10.9 Å². The number of phenolic OH excluding ortho intramolecular Hbond substituents is 1. The Morgan fingerprint density at radius 3 is 2.79 bits per heavy atom. The van der Waals surface area contributed by atoms with Gasteiger partial charge in [-0.05, 0) is 30.2 Å². The van der Waals surface area contributed by atoms with E-state index >= 15 is 0 Å². The van der Waals surface area contributed by atoms with Crippen LogP contribution in [0.2, 0.25) is 0 Å². The Kier molecular flexibility index (Phi) is 4.64. The second-order valence-electron chi connectivity index (χ2n) is 5.92. The van der Waals surface area contributed by atoms with Gasteiger partial charge in [0.15, 0.2) is 0 Å². The van der Waals surface area contributed by atoms with Gasteiger partial charge in [0.25, 0.3) is 0 Å². The largest absolute Gasteiger partial charge is 0.506 e. The van der Waals surface area contributed by atoms with Crippen molar-refractivity contribution in [1.82, 2.24) is 10.3 Å². The molecule has 0 spiro atoms. The number of phenols is 1. The van der Waals surface area contributed by atoms with Gasteiger partial charge < -0.3 is 20.5 Å². The number of H-pyrrole nitrogens is 1. The van der Waals surface area contributed by atoms with Gasteiger partial charge >= 0.3 is 0 Å². The van der Waals surface area contributed by atoms with Crippen LogP contribution >= 0.6 is 0 Å². The summed E-state index contributed by atoms with van der Waals surface area (Å²) in [6, 6.07) is 14.3. The van der Waals surface area contributed by atoms with E-state index in [2.05, 4.69) is 16.4 Å². The Morgan fingerprint density at radius 1 is 1.17 bits per heavy atom. The quantitative estimate of drug-likeness (QED) is 0.580. The Balaban J connectivity index is 1.75. The normalized spacial score (nSPS) is 12.4. The fourth-order valence-electron chi connectivity index (χ4n) is 2.83. The molecule has 4 N–H and O–H groups in total. The van der Waals surface area contributed by atoms with Crippen molar-refractivity contribution < 1.29 is 10.2 Å². The van der Waals surface area contributed by atoms with E-state index in [4.69, 9.17) is 0 Å². The van der Waals surface area contributed by atoms with Crippen LogP contribution in [0.4, 0.5) is 0 Å². The zero-order valence-corrected chi connectivity index (χ0v) is 13.4. The van der Waals surface area contributed by atoms with Gasteiger partial charge in [0.2, 0.25) is 5.56 Å². The van der Waals surface area contributed by atoms with E-state index in [0.717, 1.165) is 5.56 Å². The van der Waals surface area contributed by atoms with Crippen molar-refractivity contribution in [1.29, 1.82) is 0 Å². The lowest BCUT2D eigenvalue weighted by atomic mass is 10.0. The molecule has 0 amide bonds. The summed E-state index contributed by atoms with van der Waals surface area (Å²) < 4.78 is 0. The van der Waals surface area contributed by atoms with Gasteiger partial charge in [0.05, 0.1) is 11.6 Å². The third-order valence-electron chi connectivity index (χ3n) is 4.02. The second kappa shape index (κ2) is 6.86. The number of benzene rings is 2. The standard InChI is InChI=1S/C19H20N2O3/c1-12-3-2-4-13(9-12)10-20-11-17(23)14-5-7-16(22)19-15(14)6-8-18(24)21-19/h2-9,17,20,22-23H,10-11H2,1H3,(H,21,24)/t17-/m0/s1. The summed E-state index contributed by atoms with van der Waals surface area (Å²) in [6.45, 7) is 3.07. The third kappa shape index (κ3) is 3.48. The topological polar surface area (TPSA) is 85.3 Å². The van der Waals surface area contributed by atoms with Crippen LogP contribution in [-0.4, -0.2) is 21.7 Å². The summed E-state index contributed by atoms with van der Waals surface area (Å²) in [5.74, 6) is -0.00799. The summed E-state index contributed by atoms with van der Waals surface area (Å²) >= 11 is 0. The molecule has 0 aliphatic heterocycles. The van der Waals surface area contributed by atoms with Crippen LogP contribution in [0, 0.1) is 6.92 Å². The fourth-order valence-corrected chi connectivity index (χ4v) is 2.83. The van der Waals surface area contributed by atoms with E-state index in [0.29, 0.717) is 29.6 Å². The number of aromatic hydroxyl groups is 1.